The lowest BCUT2D eigenvalue weighted by molar-refractivity contribution is -0.123. The molecule has 0 spiro atoms. The van der Waals surface area contributed by atoms with Crippen molar-refractivity contribution in [3.8, 4) is 0 Å². The molecule has 1 aliphatic rings. The fourth-order valence-electron chi connectivity index (χ4n) is 2.35. The van der Waals surface area contributed by atoms with E-state index in [4.69, 9.17) is 5.73 Å². The lowest BCUT2D eigenvalue weighted by Gasteiger charge is -2.30. The Morgan fingerprint density at radius 3 is 2.81 bits per heavy atom. The maximum absolute atomic E-state index is 11.3. The monoisotopic (exact) mass is 224 g/mol. The molecule has 3 nitrogen and oxygen atoms in total. The van der Waals surface area contributed by atoms with Gasteiger partial charge >= 0.3 is 0 Å². The van der Waals surface area contributed by atoms with Gasteiger partial charge in [0.15, 0.2) is 0 Å². The quantitative estimate of drug-likeness (QED) is 0.535. The minimum absolute atomic E-state index is 0.0453. The number of nitrogens with one attached hydrogen (secondary N) is 1. The predicted molar refractivity (Wildman–Crippen MR) is 67.0 cm³/mol. The van der Waals surface area contributed by atoms with E-state index < -0.39 is 0 Å². The summed E-state index contributed by atoms with van der Waals surface area (Å²) in [6.07, 6.45) is 10.9. The van der Waals surface area contributed by atoms with Crippen LogP contribution in [0.4, 0.5) is 0 Å². The molecule has 1 rings (SSSR count). The van der Waals surface area contributed by atoms with Gasteiger partial charge in [0.25, 0.3) is 0 Å². The summed E-state index contributed by atoms with van der Waals surface area (Å²) in [4.78, 5) is 11.3. The van der Waals surface area contributed by atoms with Gasteiger partial charge in [-0.05, 0) is 32.2 Å². The molecular formula is C13H24N2O. The Bertz CT molecular complexity index is 238. The van der Waals surface area contributed by atoms with Crippen LogP contribution in [0.1, 0.15) is 45.4 Å². The van der Waals surface area contributed by atoms with Crippen molar-refractivity contribution in [3.05, 3.63) is 12.2 Å². The largest absolute Gasteiger partial charge is 0.369 e. The van der Waals surface area contributed by atoms with Crippen LogP contribution in [-0.4, -0.2) is 18.5 Å². The molecule has 3 N–H and O–H groups in total. The second-order valence-corrected chi connectivity index (χ2v) is 4.52. The van der Waals surface area contributed by atoms with Crippen LogP contribution in [0.3, 0.4) is 0 Å². The van der Waals surface area contributed by atoms with E-state index in [0.29, 0.717) is 6.04 Å². The second-order valence-electron chi connectivity index (χ2n) is 4.52. The number of rotatable bonds is 6. The number of allylic oxidation sites excluding steroid dienone is 1. The molecule has 0 heterocycles. The van der Waals surface area contributed by atoms with E-state index in [1.54, 1.807) is 0 Å². The lowest BCUT2D eigenvalue weighted by atomic mass is 9.84. The highest BCUT2D eigenvalue weighted by molar-refractivity contribution is 5.77. The van der Waals surface area contributed by atoms with E-state index in [1.807, 2.05) is 0 Å². The third-order valence-corrected chi connectivity index (χ3v) is 3.25. The molecule has 1 fully saturated rings. The van der Waals surface area contributed by atoms with Crippen molar-refractivity contribution >= 4 is 5.91 Å². The highest BCUT2D eigenvalue weighted by atomic mass is 16.1. The summed E-state index contributed by atoms with van der Waals surface area (Å²) in [7, 11) is 0. The van der Waals surface area contributed by atoms with E-state index in [2.05, 4.69) is 24.4 Å². The normalized spacial score (nSPS) is 26.1. The summed E-state index contributed by atoms with van der Waals surface area (Å²) in [5.41, 5.74) is 5.42. The molecule has 1 aliphatic carbocycles. The van der Waals surface area contributed by atoms with Gasteiger partial charge in [-0.3, -0.25) is 4.79 Å². The summed E-state index contributed by atoms with van der Waals surface area (Å²) >= 11 is 0. The molecule has 0 saturated heterocycles. The van der Waals surface area contributed by atoms with E-state index >= 15 is 0 Å². The van der Waals surface area contributed by atoms with E-state index in [0.717, 1.165) is 38.6 Å². The summed E-state index contributed by atoms with van der Waals surface area (Å²) < 4.78 is 0. The predicted octanol–water partition coefficient (Wildman–Crippen LogP) is 1.98. The van der Waals surface area contributed by atoms with Gasteiger partial charge in [-0.15, -0.1) is 0 Å². The maximum Gasteiger partial charge on any atom is 0.222 e. The first kappa shape index (κ1) is 13.2. The van der Waals surface area contributed by atoms with Crippen LogP contribution in [0.2, 0.25) is 0 Å². The van der Waals surface area contributed by atoms with Crippen LogP contribution in [-0.2, 0) is 4.79 Å². The van der Waals surface area contributed by atoms with Crippen LogP contribution >= 0.6 is 0 Å². The molecule has 2 unspecified atom stereocenters. The van der Waals surface area contributed by atoms with Crippen LogP contribution in [0.5, 0.6) is 0 Å². The number of carbonyl (C=O) groups is 1. The second kappa shape index (κ2) is 7.44. The van der Waals surface area contributed by atoms with Crippen molar-refractivity contribution in [2.75, 3.05) is 6.54 Å². The molecule has 0 aromatic carbocycles. The van der Waals surface area contributed by atoms with Crippen molar-refractivity contribution in [2.45, 2.75) is 51.5 Å². The highest BCUT2D eigenvalue weighted by Crippen LogP contribution is 2.23. The third kappa shape index (κ3) is 4.35. The fraction of sp³-hybridized carbons (Fsp3) is 0.769. The summed E-state index contributed by atoms with van der Waals surface area (Å²) in [6, 6.07) is 0.307. The van der Waals surface area contributed by atoms with E-state index in [-0.39, 0.29) is 11.8 Å². The van der Waals surface area contributed by atoms with Gasteiger partial charge in [0.1, 0.15) is 0 Å². The number of hydrogen-bond acceptors (Lipinski definition) is 2. The summed E-state index contributed by atoms with van der Waals surface area (Å²) in [5.74, 6) is -0.0924. The summed E-state index contributed by atoms with van der Waals surface area (Å²) in [6.45, 7) is 3.08. The first-order valence-electron chi connectivity index (χ1n) is 6.43. The van der Waals surface area contributed by atoms with Crippen LogP contribution < -0.4 is 11.1 Å². The zero-order chi connectivity index (χ0) is 11.8. The Kier molecular flexibility index (Phi) is 6.16. The Labute approximate surface area is 98.5 Å². The standard InChI is InChI=1S/C13H24N2O/c1-2-3-4-7-10-15-12-9-6-5-8-11(12)13(14)16/h3-4,11-12,15H,2,5-10H2,1H3,(H2,14,16). The highest BCUT2D eigenvalue weighted by Gasteiger charge is 2.28. The molecule has 92 valence electrons. The molecule has 0 aliphatic heterocycles. The average molecular weight is 224 g/mol. The van der Waals surface area contributed by atoms with Crippen molar-refractivity contribution in [2.24, 2.45) is 11.7 Å². The van der Waals surface area contributed by atoms with Gasteiger partial charge in [-0.2, -0.15) is 0 Å². The van der Waals surface area contributed by atoms with Crippen molar-refractivity contribution in [1.29, 1.82) is 0 Å². The molecule has 0 aromatic rings. The van der Waals surface area contributed by atoms with Crippen molar-refractivity contribution in [3.63, 3.8) is 0 Å². The molecule has 0 bridgehead atoms. The minimum atomic E-state index is -0.138. The molecule has 16 heavy (non-hydrogen) atoms. The molecule has 1 saturated carbocycles. The number of carbonyl (C=O) groups excluding carboxylic acids is 1. The number of amides is 1. The van der Waals surface area contributed by atoms with Crippen LogP contribution in [0, 0.1) is 5.92 Å². The fourth-order valence-corrected chi connectivity index (χ4v) is 2.35. The number of hydrogen-bond donors (Lipinski definition) is 2. The smallest absolute Gasteiger partial charge is 0.222 e. The minimum Gasteiger partial charge on any atom is -0.369 e. The first-order valence-corrected chi connectivity index (χ1v) is 6.43. The Morgan fingerprint density at radius 1 is 1.38 bits per heavy atom. The molecule has 2 atom stereocenters. The first-order chi connectivity index (χ1) is 7.75. The van der Waals surface area contributed by atoms with Gasteiger partial charge < -0.3 is 11.1 Å². The van der Waals surface area contributed by atoms with Crippen LogP contribution in [0.25, 0.3) is 0 Å². The van der Waals surface area contributed by atoms with Crippen molar-refractivity contribution < 1.29 is 4.79 Å². The topological polar surface area (TPSA) is 55.1 Å². The Hall–Kier alpha value is -0.830. The van der Waals surface area contributed by atoms with Gasteiger partial charge in [0, 0.05) is 6.04 Å². The van der Waals surface area contributed by atoms with Gasteiger partial charge in [0.05, 0.1) is 5.92 Å². The average Bonchev–Trinajstić information content (AvgIpc) is 2.29. The Balaban J connectivity index is 2.27. The van der Waals surface area contributed by atoms with Gasteiger partial charge in [-0.1, -0.05) is 31.9 Å². The maximum atomic E-state index is 11.3. The molecule has 1 amide bonds. The zero-order valence-electron chi connectivity index (χ0n) is 10.2. The molecular weight excluding hydrogens is 200 g/mol. The molecule has 3 heteroatoms. The van der Waals surface area contributed by atoms with E-state index in [1.165, 1.54) is 6.42 Å². The number of nitrogens with two attached hydrogens (primary N) is 1. The molecule has 0 radical (unpaired) electrons. The third-order valence-electron chi connectivity index (χ3n) is 3.25. The lowest BCUT2D eigenvalue weighted by Crippen LogP contribution is -2.44. The zero-order valence-corrected chi connectivity index (χ0v) is 10.2. The number of primary amides is 1. The molecule has 0 aromatic heterocycles. The van der Waals surface area contributed by atoms with Gasteiger partial charge in [0.2, 0.25) is 5.91 Å². The van der Waals surface area contributed by atoms with E-state index in [9.17, 15) is 4.79 Å². The van der Waals surface area contributed by atoms with Crippen molar-refractivity contribution in [1.82, 2.24) is 5.32 Å². The Morgan fingerprint density at radius 2 is 2.12 bits per heavy atom. The van der Waals surface area contributed by atoms with Crippen LogP contribution in [0.15, 0.2) is 12.2 Å². The van der Waals surface area contributed by atoms with Gasteiger partial charge in [-0.25, -0.2) is 0 Å². The summed E-state index contributed by atoms with van der Waals surface area (Å²) in [5, 5.41) is 3.46. The SMILES string of the molecule is CCC=CCCNC1CCCCC1C(N)=O.